The molecular weight excluding hydrogens is 429 g/mol. The molecule has 0 saturated carbocycles. The predicted molar refractivity (Wildman–Crippen MR) is 97.2 cm³/mol. The number of carbonyl (C=O) groups excluding carboxylic acids is 1. The van der Waals surface area contributed by atoms with Crippen LogP contribution in [0.1, 0.15) is 22.9 Å². The Morgan fingerprint density at radius 1 is 1.04 bits per heavy atom. The van der Waals surface area contributed by atoms with Crippen LogP contribution >= 0.6 is 15.9 Å². The number of esters is 1. The van der Waals surface area contributed by atoms with Gasteiger partial charge in [0, 0.05) is 0 Å². The van der Waals surface area contributed by atoms with E-state index < -0.39 is 22.5 Å². The molecule has 2 atom stereocenters. The number of alkyl halides is 4. The van der Waals surface area contributed by atoms with Crippen LogP contribution in [0.5, 0.6) is 11.5 Å². The van der Waals surface area contributed by atoms with Crippen molar-refractivity contribution in [2.45, 2.75) is 24.0 Å². The van der Waals surface area contributed by atoms with Crippen molar-refractivity contribution in [3.05, 3.63) is 59.7 Å². The van der Waals surface area contributed by atoms with Gasteiger partial charge in [-0.3, -0.25) is 4.79 Å². The van der Waals surface area contributed by atoms with Crippen LogP contribution in [0, 0.1) is 0 Å². The first-order chi connectivity index (χ1) is 12.7. The van der Waals surface area contributed by atoms with Crippen LogP contribution in [-0.4, -0.2) is 25.8 Å². The number of hydrogen-bond donors (Lipinski definition) is 0. The fourth-order valence-electron chi connectivity index (χ4n) is 2.17. The Bertz CT molecular complexity index is 745. The van der Waals surface area contributed by atoms with Gasteiger partial charge in [-0.25, -0.2) is 0 Å². The average Bonchev–Trinajstić information content (AvgIpc) is 2.65. The minimum Gasteiger partial charge on any atom is -0.490 e. The second kappa shape index (κ2) is 9.12. The standard InChI is InChI=1S/C19H18BrF3O4/c1-12(27-16-9-5-14(6-10-16)19(21,22)23)11-26-15-7-3-13(4-8-15)17(20)18(24)25-2/h3-10,12,17H,11H2,1-2H3. The van der Waals surface area contributed by atoms with E-state index in [1.165, 1.54) is 19.2 Å². The van der Waals surface area contributed by atoms with Crippen LogP contribution in [0.4, 0.5) is 13.2 Å². The highest BCUT2D eigenvalue weighted by Gasteiger charge is 2.30. The predicted octanol–water partition coefficient (Wildman–Crippen LogP) is 5.16. The van der Waals surface area contributed by atoms with Crippen molar-refractivity contribution < 1.29 is 32.2 Å². The van der Waals surface area contributed by atoms with E-state index in [0.29, 0.717) is 11.5 Å². The third-order valence-corrected chi connectivity index (χ3v) is 4.49. The summed E-state index contributed by atoms with van der Waals surface area (Å²) in [6.45, 7) is 1.95. The molecule has 2 aromatic carbocycles. The van der Waals surface area contributed by atoms with Gasteiger partial charge < -0.3 is 14.2 Å². The summed E-state index contributed by atoms with van der Waals surface area (Å²) in [7, 11) is 1.31. The van der Waals surface area contributed by atoms with Crippen LogP contribution in [0.15, 0.2) is 48.5 Å². The van der Waals surface area contributed by atoms with Gasteiger partial charge in [-0.05, 0) is 48.9 Å². The lowest BCUT2D eigenvalue weighted by Gasteiger charge is -2.16. The fourth-order valence-corrected chi connectivity index (χ4v) is 2.67. The van der Waals surface area contributed by atoms with Gasteiger partial charge in [0.25, 0.3) is 0 Å². The number of halogens is 4. The zero-order chi connectivity index (χ0) is 20.0. The number of carbonyl (C=O) groups is 1. The lowest BCUT2D eigenvalue weighted by atomic mass is 10.1. The summed E-state index contributed by atoms with van der Waals surface area (Å²) < 4.78 is 53.4. The normalized spacial score (nSPS) is 13.6. The Morgan fingerprint density at radius 2 is 1.59 bits per heavy atom. The van der Waals surface area contributed by atoms with Crippen molar-refractivity contribution >= 4 is 21.9 Å². The fraction of sp³-hybridized carbons (Fsp3) is 0.316. The summed E-state index contributed by atoms with van der Waals surface area (Å²) in [6.07, 6.45) is -4.75. The minimum absolute atomic E-state index is 0.203. The third-order valence-electron chi connectivity index (χ3n) is 3.58. The van der Waals surface area contributed by atoms with Gasteiger partial charge in [0.2, 0.25) is 0 Å². The average molecular weight is 447 g/mol. The Hall–Kier alpha value is -2.22. The highest BCUT2D eigenvalue weighted by atomic mass is 79.9. The first-order valence-corrected chi connectivity index (χ1v) is 8.91. The van der Waals surface area contributed by atoms with Crippen molar-refractivity contribution in [3.63, 3.8) is 0 Å². The van der Waals surface area contributed by atoms with Gasteiger partial charge in [0.05, 0.1) is 12.7 Å². The summed E-state index contributed by atoms with van der Waals surface area (Å²) in [5, 5.41) is 0. The van der Waals surface area contributed by atoms with Crippen molar-refractivity contribution in [2.75, 3.05) is 13.7 Å². The van der Waals surface area contributed by atoms with Crippen molar-refractivity contribution in [1.29, 1.82) is 0 Å². The Balaban J connectivity index is 1.86. The highest BCUT2D eigenvalue weighted by Crippen LogP contribution is 2.30. The zero-order valence-electron chi connectivity index (χ0n) is 14.6. The van der Waals surface area contributed by atoms with Gasteiger partial charge in [0.15, 0.2) is 0 Å². The minimum atomic E-state index is -4.37. The first kappa shape index (κ1) is 21.1. The van der Waals surface area contributed by atoms with Gasteiger partial charge >= 0.3 is 12.1 Å². The van der Waals surface area contributed by atoms with Crippen molar-refractivity contribution in [2.24, 2.45) is 0 Å². The maximum Gasteiger partial charge on any atom is 0.416 e. The third kappa shape index (κ3) is 6.16. The highest BCUT2D eigenvalue weighted by molar-refractivity contribution is 9.09. The number of ether oxygens (including phenoxy) is 3. The Kier molecular flexibility index (Phi) is 7.12. The molecule has 27 heavy (non-hydrogen) atoms. The molecule has 0 spiro atoms. The Labute approximate surface area is 163 Å². The van der Waals surface area contributed by atoms with Crippen LogP contribution in [0.25, 0.3) is 0 Å². The SMILES string of the molecule is COC(=O)C(Br)c1ccc(OCC(C)Oc2ccc(C(F)(F)F)cc2)cc1. The van der Waals surface area contributed by atoms with Gasteiger partial charge in [-0.15, -0.1) is 0 Å². The topological polar surface area (TPSA) is 44.8 Å². The monoisotopic (exact) mass is 446 g/mol. The number of methoxy groups -OCH3 is 1. The van der Waals surface area contributed by atoms with E-state index in [-0.39, 0.29) is 12.7 Å². The summed E-state index contributed by atoms with van der Waals surface area (Å²) >= 11 is 3.25. The molecule has 0 N–H and O–H groups in total. The van der Waals surface area contributed by atoms with Crippen LogP contribution < -0.4 is 9.47 Å². The molecule has 0 aliphatic carbocycles. The largest absolute Gasteiger partial charge is 0.490 e. The molecule has 0 saturated heterocycles. The molecule has 0 aliphatic heterocycles. The molecule has 0 radical (unpaired) electrons. The molecule has 0 aliphatic rings. The molecule has 0 amide bonds. The first-order valence-electron chi connectivity index (χ1n) is 7.99. The summed E-state index contributed by atoms with van der Waals surface area (Å²) in [4.78, 5) is 10.9. The molecule has 2 unspecified atom stereocenters. The second-order valence-electron chi connectivity index (χ2n) is 5.72. The maximum atomic E-state index is 12.5. The smallest absolute Gasteiger partial charge is 0.416 e. The molecule has 8 heteroatoms. The van der Waals surface area contributed by atoms with Crippen molar-refractivity contribution in [3.8, 4) is 11.5 Å². The lowest BCUT2D eigenvalue weighted by molar-refractivity contribution is -0.140. The quantitative estimate of drug-likeness (QED) is 0.435. The molecule has 0 heterocycles. The van der Waals surface area contributed by atoms with Crippen LogP contribution in [0.2, 0.25) is 0 Å². The Morgan fingerprint density at radius 3 is 2.11 bits per heavy atom. The van der Waals surface area contributed by atoms with Crippen LogP contribution in [0.3, 0.4) is 0 Å². The van der Waals surface area contributed by atoms with E-state index in [2.05, 4.69) is 20.7 Å². The zero-order valence-corrected chi connectivity index (χ0v) is 16.2. The summed E-state index contributed by atoms with van der Waals surface area (Å²) in [5.74, 6) is 0.503. The molecule has 146 valence electrons. The molecule has 2 aromatic rings. The molecule has 4 nitrogen and oxygen atoms in total. The van der Waals surface area contributed by atoms with E-state index >= 15 is 0 Å². The van der Waals surface area contributed by atoms with E-state index in [0.717, 1.165) is 17.7 Å². The lowest BCUT2D eigenvalue weighted by Crippen LogP contribution is -2.21. The van der Waals surface area contributed by atoms with Crippen molar-refractivity contribution in [1.82, 2.24) is 0 Å². The van der Waals surface area contributed by atoms with Gasteiger partial charge in [0.1, 0.15) is 29.0 Å². The molecule has 0 fully saturated rings. The number of benzene rings is 2. The van der Waals surface area contributed by atoms with Gasteiger partial charge in [-0.2, -0.15) is 13.2 Å². The summed E-state index contributed by atoms with van der Waals surface area (Å²) in [5.41, 5.74) is -0.000791. The molecular formula is C19H18BrF3O4. The van der Waals surface area contributed by atoms with E-state index in [9.17, 15) is 18.0 Å². The number of hydrogen-bond acceptors (Lipinski definition) is 4. The summed E-state index contributed by atoms with van der Waals surface area (Å²) in [6, 6.07) is 11.4. The van der Waals surface area contributed by atoms with E-state index in [1.807, 2.05) is 0 Å². The van der Waals surface area contributed by atoms with Crippen LogP contribution in [-0.2, 0) is 15.7 Å². The molecule has 0 aromatic heterocycles. The maximum absolute atomic E-state index is 12.5. The number of rotatable bonds is 7. The van der Waals surface area contributed by atoms with E-state index in [1.54, 1.807) is 31.2 Å². The second-order valence-corrected chi connectivity index (χ2v) is 6.63. The molecule has 0 bridgehead atoms. The van der Waals surface area contributed by atoms with E-state index in [4.69, 9.17) is 9.47 Å². The van der Waals surface area contributed by atoms with Gasteiger partial charge in [-0.1, -0.05) is 28.1 Å². The molecule has 2 rings (SSSR count).